The number of carbonyl (C=O) groups is 1. The molecule has 3 rings (SSSR count). The largest absolute Gasteiger partial charge is 0.297 e. The maximum atomic E-state index is 12.3. The Bertz CT molecular complexity index is 964. The van der Waals surface area contributed by atoms with Gasteiger partial charge in [-0.05, 0) is 29.7 Å². The number of Topliss-reactive ketones (excluding diaryl/α,β-unsaturated/α-hetero) is 1. The Kier molecular flexibility index (Phi) is 5.61. The van der Waals surface area contributed by atoms with Crippen LogP contribution in [-0.4, -0.2) is 20.8 Å². The second-order valence-electron chi connectivity index (χ2n) is 5.81. The van der Waals surface area contributed by atoms with Crippen molar-refractivity contribution in [2.75, 3.05) is 6.61 Å². The standard InChI is InChI=1S/C21H18O4S/c22-21(19-9-5-2-6-10-19)16-25-26(23,24)20-13-11-18(12-14-20)15-17-7-3-1-4-8-17/h1-14H,15-16H2. The van der Waals surface area contributed by atoms with Gasteiger partial charge in [-0.1, -0.05) is 72.8 Å². The van der Waals surface area contributed by atoms with Crippen molar-refractivity contribution in [1.82, 2.24) is 0 Å². The molecule has 0 radical (unpaired) electrons. The van der Waals surface area contributed by atoms with Crippen molar-refractivity contribution in [3.8, 4) is 0 Å². The van der Waals surface area contributed by atoms with Gasteiger partial charge < -0.3 is 0 Å². The zero-order chi connectivity index (χ0) is 18.4. The van der Waals surface area contributed by atoms with E-state index in [4.69, 9.17) is 4.18 Å². The van der Waals surface area contributed by atoms with Gasteiger partial charge in [0.1, 0.15) is 6.61 Å². The molecule has 0 amide bonds. The molecule has 0 heterocycles. The molecule has 26 heavy (non-hydrogen) atoms. The van der Waals surface area contributed by atoms with Crippen molar-refractivity contribution < 1.29 is 17.4 Å². The first-order valence-corrected chi connectivity index (χ1v) is 9.56. The number of rotatable bonds is 7. The van der Waals surface area contributed by atoms with Gasteiger partial charge in [-0.25, -0.2) is 0 Å². The van der Waals surface area contributed by atoms with Gasteiger partial charge in [-0.2, -0.15) is 8.42 Å². The zero-order valence-corrected chi connectivity index (χ0v) is 14.9. The highest BCUT2D eigenvalue weighted by Crippen LogP contribution is 2.16. The van der Waals surface area contributed by atoms with Crippen LogP contribution in [0.15, 0.2) is 89.8 Å². The molecule has 132 valence electrons. The third-order valence-electron chi connectivity index (χ3n) is 3.90. The number of hydrogen-bond donors (Lipinski definition) is 0. The molecule has 0 bridgehead atoms. The first-order chi connectivity index (χ1) is 12.5. The van der Waals surface area contributed by atoms with Crippen molar-refractivity contribution in [2.24, 2.45) is 0 Å². The molecule has 0 saturated heterocycles. The molecule has 0 atom stereocenters. The van der Waals surface area contributed by atoms with Crippen LogP contribution in [0.2, 0.25) is 0 Å². The summed E-state index contributed by atoms with van der Waals surface area (Å²) in [5, 5.41) is 0. The highest BCUT2D eigenvalue weighted by molar-refractivity contribution is 7.86. The third kappa shape index (κ3) is 4.65. The number of carbonyl (C=O) groups excluding carboxylic acids is 1. The minimum absolute atomic E-state index is 0.0372. The van der Waals surface area contributed by atoms with Crippen molar-refractivity contribution in [2.45, 2.75) is 11.3 Å². The molecule has 3 aromatic carbocycles. The lowest BCUT2D eigenvalue weighted by Crippen LogP contribution is -2.14. The highest BCUT2D eigenvalue weighted by atomic mass is 32.2. The van der Waals surface area contributed by atoms with Gasteiger partial charge in [0.05, 0.1) is 4.90 Å². The molecule has 0 saturated carbocycles. The van der Waals surface area contributed by atoms with E-state index in [0.717, 1.165) is 11.1 Å². The molecular formula is C21H18O4S. The maximum Gasteiger partial charge on any atom is 0.297 e. The SMILES string of the molecule is O=C(COS(=O)(=O)c1ccc(Cc2ccccc2)cc1)c1ccccc1. The number of hydrogen-bond acceptors (Lipinski definition) is 4. The fraction of sp³-hybridized carbons (Fsp3) is 0.0952. The summed E-state index contributed by atoms with van der Waals surface area (Å²) in [6.07, 6.45) is 0.717. The summed E-state index contributed by atoms with van der Waals surface area (Å²) >= 11 is 0. The van der Waals surface area contributed by atoms with Gasteiger partial charge in [0, 0.05) is 5.56 Å². The van der Waals surface area contributed by atoms with Crippen LogP contribution >= 0.6 is 0 Å². The average Bonchev–Trinajstić information content (AvgIpc) is 2.68. The predicted octanol–water partition coefficient (Wildman–Crippen LogP) is 3.87. The molecule has 0 aliphatic carbocycles. The molecule has 0 fully saturated rings. The van der Waals surface area contributed by atoms with Gasteiger partial charge in [0.25, 0.3) is 10.1 Å². The summed E-state index contributed by atoms with van der Waals surface area (Å²) in [7, 11) is -3.97. The molecule has 3 aromatic rings. The second kappa shape index (κ2) is 8.08. The first kappa shape index (κ1) is 18.0. The van der Waals surface area contributed by atoms with E-state index in [1.54, 1.807) is 42.5 Å². The Morgan fingerprint density at radius 2 is 1.27 bits per heavy atom. The fourth-order valence-corrected chi connectivity index (χ4v) is 3.38. The van der Waals surface area contributed by atoms with Crippen LogP contribution < -0.4 is 0 Å². The summed E-state index contributed by atoms with van der Waals surface area (Å²) in [6, 6.07) is 24.9. The predicted molar refractivity (Wildman–Crippen MR) is 99.6 cm³/mol. The molecule has 0 N–H and O–H groups in total. The topological polar surface area (TPSA) is 60.4 Å². The van der Waals surface area contributed by atoms with Crippen LogP contribution in [-0.2, 0) is 20.7 Å². The van der Waals surface area contributed by atoms with Crippen LogP contribution in [0, 0.1) is 0 Å². The maximum absolute atomic E-state index is 12.3. The van der Waals surface area contributed by atoms with Crippen molar-refractivity contribution in [1.29, 1.82) is 0 Å². The van der Waals surface area contributed by atoms with Crippen LogP contribution in [0.1, 0.15) is 21.5 Å². The zero-order valence-electron chi connectivity index (χ0n) is 14.0. The molecule has 5 heteroatoms. The average molecular weight is 366 g/mol. The fourth-order valence-electron chi connectivity index (χ4n) is 2.51. The van der Waals surface area contributed by atoms with Crippen LogP contribution in [0.5, 0.6) is 0 Å². The minimum Gasteiger partial charge on any atom is -0.291 e. The lowest BCUT2D eigenvalue weighted by atomic mass is 10.1. The molecule has 0 unspecified atom stereocenters. The summed E-state index contributed by atoms with van der Waals surface area (Å²) in [6.45, 7) is -0.516. The Balaban J connectivity index is 1.65. The lowest BCUT2D eigenvalue weighted by molar-refractivity contribution is 0.0924. The van der Waals surface area contributed by atoms with Crippen molar-refractivity contribution in [3.05, 3.63) is 102 Å². The third-order valence-corrected chi connectivity index (χ3v) is 5.18. The molecule has 0 aromatic heterocycles. The molecular weight excluding hydrogens is 348 g/mol. The number of ketones is 1. The first-order valence-electron chi connectivity index (χ1n) is 8.15. The van der Waals surface area contributed by atoms with Gasteiger partial charge in [-0.15, -0.1) is 0 Å². The highest BCUT2D eigenvalue weighted by Gasteiger charge is 2.17. The van der Waals surface area contributed by atoms with E-state index in [-0.39, 0.29) is 10.7 Å². The Hall–Kier alpha value is -2.76. The molecule has 0 spiro atoms. The molecule has 4 nitrogen and oxygen atoms in total. The lowest BCUT2D eigenvalue weighted by Gasteiger charge is -2.07. The van der Waals surface area contributed by atoms with Gasteiger partial charge in [-0.3, -0.25) is 8.98 Å². The summed E-state index contributed by atoms with van der Waals surface area (Å²) in [4.78, 5) is 12.0. The monoisotopic (exact) mass is 366 g/mol. The quantitative estimate of drug-likeness (QED) is 0.470. The Morgan fingerprint density at radius 1 is 0.731 bits per heavy atom. The summed E-state index contributed by atoms with van der Waals surface area (Å²) in [5.74, 6) is -0.380. The Labute approximate surface area is 153 Å². The number of benzene rings is 3. The van der Waals surface area contributed by atoms with E-state index in [1.807, 2.05) is 30.3 Å². The van der Waals surface area contributed by atoms with Crippen LogP contribution in [0.25, 0.3) is 0 Å². The Morgan fingerprint density at radius 3 is 1.88 bits per heavy atom. The van der Waals surface area contributed by atoms with Crippen LogP contribution in [0.4, 0.5) is 0 Å². The summed E-state index contributed by atoms with van der Waals surface area (Å²) < 4.78 is 29.4. The van der Waals surface area contributed by atoms with E-state index in [1.165, 1.54) is 12.1 Å². The molecule has 0 aliphatic rings. The van der Waals surface area contributed by atoms with E-state index >= 15 is 0 Å². The normalized spacial score (nSPS) is 11.2. The van der Waals surface area contributed by atoms with Gasteiger partial charge in [0.15, 0.2) is 5.78 Å². The molecule has 0 aliphatic heterocycles. The smallest absolute Gasteiger partial charge is 0.291 e. The van der Waals surface area contributed by atoms with E-state index in [0.29, 0.717) is 12.0 Å². The van der Waals surface area contributed by atoms with Crippen molar-refractivity contribution >= 4 is 15.9 Å². The minimum atomic E-state index is -3.97. The second-order valence-corrected chi connectivity index (χ2v) is 7.43. The van der Waals surface area contributed by atoms with Gasteiger partial charge >= 0.3 is 0 Å². The van der Waals surface area contributed by atoms with Crippen molar-refractivity contribution in [3.63, 3.8) is 0 Å². The summed E-state index contributed by atoms with van der Waals surface area (Å²) in [5.41, 5.74) is 2.56. The van der Waals surface area contributed by atoms with Crippen LogP contribution in [0.3, 0.4) is 0 Å². The van der Waals surface area contributed by atoms with E-state index in [9.17, 15) is 13.2 Å². The van der Waals surface area contributed by atoms with E-state index in [2.05, 4.69) is 0 Å². The van der Waals surface area contributed by atoms with E-state index < -0.39 is 16.7 Å². The van der Waals surface area contributed by atoms with Gasteiger partial charge in [0.2, 0.25) is 0 Å².